The van der Waals surface area contributed by atoms with Gasteiger partial charge in [-0.3, -0.25) is 19.2 Å². The molecule has 0 spiro atoms. The molecule has 4 N–H and O–H groups in total. The molecule has 0 aliphatic heterocycles. The first-order chi connectivity index (χ1) is 21.9. The molecule has 9 heteroatoms. The Kier molecular flexibility index (Phi) is 13.9. The van der Waals surface area contributed by atoms with Gasteiger partial charge in [-0.15, -0.1) is 0 Å². The predicted octanol–water partition coefficient (Wildman–Crippen LogP) is 6.62. The van der Waals surface area contributed by atoms with Crippen molar-refractivity contribution < 1.29 is 34.1 Å². The Morgan fingerprint density at radius 1 is 1.00 bits per heavy atom. The van der Waals surface area contributed by atoms with Crippen molar-refractivity contribution >= 4 is 34.9 Å². The molecule has 0 bridgehead atoms. The summed E-state index contributed by atoms with van der Waals surface area (Å²) in [6, 6.07) is 13.0. The number of nitrogens with one attached hydrogen (secondary N) is 2. The lowest BCUT2D eigenvalue weighted by Crippen LogP contribution is -2.28. The summed E-state index contributed by atoms with van der Waals surface area (Å²) in [5, 5.41) is 26.6. The number of anilines is 2. The molecule has 0 unspecified atom stereocenters. The average Bonchev–Trinajstić information content (AvgIpc) is 3.28. The van der Waals surface area contributed by atoms with Crippen molar-refractivity contribution in [2.24, 2.45) is 17.3 Å². The van der Waals surface area contributed by atoms with E-state index in [9.17, 15) is 29.4 Å². The number of hydrogen-bond acceptors (Lipinski definition) is 7. The van der Waals surface area contributed by atoms with Gasteiger partial charge in [-0.05, 0) is 79.6 Å². The molecule has 248 valence electrons. The largest absolute Gasteiger partial charge is 0.427 e. The average molecular weight is 633 g/mol. The Hall–Kier alpha value is -4.08. The number of ether oxygens (including phenoxy) is 1. The lowest BCUT2D eigenvalue weighted by atomic mass is 9.80. The van der Waals surface area contributed by atoms with E-state index in [0.29, 0.717) is 42.0 Å². The SMILES string of the molecule is CCCCC(C)(C)[C@H](O)/C=C/[C@H]1[C@H](O)CC(=O)[C@@H]1C/C=C\CCCC(=O)Oc1ccc(NC(=O)c2ccc(NC(C)=O)cc2)cc1. The maximum absolute atomic E-state index is 12.6. The third-order valence-corrected chi connectivity index (χ3v) is 8.34. The molecule has 0 saturated heterocycles. The standard InChI is InChI=1S/C37H48N2O7/c1-5-6-23-37(3,4)34(43)22-21-31-30(32(41)24-33(31)42)11-9-7-8-10-12-35(44)46-29-19-17-28(18-20-29)39-36(45)26-13-15-27(16-14-26)38-25(2)40/h7,9,13-22,30-31,33-34,42-43H,5-6,8,10-12,23-24H2,1-4H3,(H,38,40)(H,39,45)/b9-7-,22-21+/t30-,31-,33-,34-/m1/s1. The lowest BCUT2D eigenvalue weighted by molar-refractivity contribution is -0.134. The van der Waals surface area contributed by atoms with Crippen molar-refractivity contribution in [1.82, 2.24) is 0 Å². The molecule has 46 heavy (non-hydrogen) atoms. The lowest BCUT2D eigenvalue weighted by Gasteiger charge is -2.29. The Balaban J connectivity index is 1.39. The molecule has 2 aromatic rings. The van der Waals surface area contributed by atoms with Gasteiger partial charge in [0.05, 0.1) is 12.2 Å². The second kappa shape index (κ2) is 17.6. The summed E-state index contributed by atoms with van der Waals surface area (Å²) < 4.78 is 5.41. The molecule has 2 amide bonds. The van der Waals surface area contributed by atoms with Crippen molar-refractivity contribution in [3.05, 3.63) is 78.4 Å². The number of unbranched alkanes of at least 4 members (excludes halogenated alkanes) is 2. The number of aliphatic hydroxyl groups excluding tert-OH is 2. The Morgan fingerprint density at radius 2 is 1.65 bits per heavy atom. The highest BCUT2D eigenvalue weighted by atomic mass is 16.5. The molecule has 3 rings (SSSR count). The number of esters is 1. The van der Waals surface area contributed by atoms with Gasteiger partial charge in [0.25, 0.3) is 5.91 Å². The van der Waals surface area contributed by atoms with Crippen molar-refractivity contribution in [3.8, 4) is 5.75 Å². The van der Waals surface area contributed by atoms with Crippen molar-refractivity contribution in [2.75, 3.05) is 10.6 Å². The van der Waals surface area contributed by atoms with E-state index in [2.05, 4.69) is 17.6 Å². The summed E-state index contributed by atoms with van der Waals surface area (Å²) in [7, 11) is 0. The van der Waals surface area contributed by atoms with Crippen LogP contribution in [0.25, 0.3) is 0 Å². The van der Waals surface area contributed by atoms with Gasteiger partial charge in [-0.1, -0.05) is 57.9 Å². The first-order valence-corrected chi connectivity index (χ1v) is 16.1. The summed E-state index contributed by atoms with van der Waals surface area (Å²) in [6.07, 6.45) is 11.1. The van der Waals surface area contributed by atoms with Crippen LogP contribution in [-0.2, 0) is 14.4 Å². The highest BCUT2D eigenvalue weighted by molar-refractivity contribution is 6.04. The van der Waals surface area contributed by atoms with Crippen molar-refractivity contribution in [1.29, 1.82) is 0 Å². The van der Waals surface area contributed by atoms with E-state index >= 15 is 0 Å². The molecule has 0 aromatic heterocycles. The van der Waals surface area contributed by atoms with Crippen LogP contribution >= 0.6 is 0 Å². The van der Waals surface area contributed by atoms with Crippen LogP contribution in [0.1, 0.15) is 89.4 Å². The van der Waals surface area contributed by atoms with E-state index in [1.807, 2.05) is 32.1 Å². The van der Waals surface area contributed by atoms with Crippen LogP contribution < -0.4 is 15.4 Å². The number of rotatable bonds is 16. The van der Waals surface area contributed by atoms with E-state index in [1.165, 1.54) is 6.92 Å². The number of allylic oxidation sites excluding steroid dienone is 2. The van der Waals surface area contributed by atoms with Crippen LogP contribution in [0.4, 0.5) is 11.4 Å². The zero-order valence-corrected chi connectivity index (χ0v) is 27.3. The number of carbonyl (C=O) groups is 4. The van der Waals surface area contributed by atoms with Gasteiger partial charge in [0.15, 0.2) is 0 Å². The molecule has 2 aromatic carbocycles. The highest BCUT2D eigenvalue weighted by Crippen LogP contribution is 2.35. The summed E-state index contributed by atoms with van der Waals surface area (Å²) >= 11 is 0. The van der Waals surface area contributed by atoms with Gasteiger partial charge in [-0.2, -0.15) is 0 Å². The molecule has 1 fully saturated rings. The number of ketones is 1. The topological polar surface area (TPSA) is 142 Å². The molecule has 1 aliphatic carbocycles. The number of aliphatic hydroxyl groups is 2. The number of carbonyl (C=O) groups excluding carboxylic acids is 4. The van der Waals surface area contributed by atoms with Crippen LogP contribution in [0.2, 0.25) is 0 Å². The minimum Gasteiger partial charge on any atom is -0.427 e. The van der Waals surface area contributed by atoms with Gasteiger partial charge < -0.3 is 25.6 Å². The molecular formula is C37H48N2O7. The second-order valence-corrected chi connectivity index (χ2v) is 12.7. The maximum atomic E-state index is 12.6. The Morgan fingerprint density at radius 3 is 2.30 bits per heavy atom. The minimum atomic E-state index is -0.747. The summed E-state index contributed by atoms with van der Waals surface area (Å²) in [4.78, 5) is 48.5. The minimum absolute atomic E-state index is 0.0260. The van der Waals surface area contributed by atoms with Gasteiger partial charge in [0.1, 0.15) is 11.5 Å². The first-order valence-electron chi connectivity index (χ1n) is 16.1. The van der Waals surface area contributed by atoms with Crippen LogP contribution in [0.15, 0.2) is 72.8 Å². The van der Waals surface area contributed by atoms with Crippen LogP contribution in [-0.4, -0.2) is 46.0 Å². The molecule has 4 atom stereocenters. The molecular weight excluding hydrogens is 584 g/mol. The van der Waals surface area contributed by atoms with Crippen molar-refractivity contribution in [2.45, 2.75) is 91.3 Å². The van der Waals surface area contributed by atoms with E-state index < -0.39 is 12.2 Å². The van der Waals surface area contributed by atoms with Crippen LogP contribution in [0, 0.1) is 17.3 Å². The molecule has 0 heterocycles. The fourth-order valence-electron chi connectivity index (χ4n) is 5.43. The number of benzene rings is 2. The van der Waals surface area contributed by atoms with E-state index in [1.54, 1.807) is 54.6 Å². The van der Waals surface area contributed by atoms with Gasteiger partial charge in [-0.25, -0.2) is 0 Å². The van der Waals surface area contributed by atoms with Crippen LogP contribution in [0.5, 0.6) is 5.75 Å². The van der Waals surface area contributed by atoms with E-state index in [0.717, 1.165) is 19.3 Å². The Labute approximate surface area is 272 Å². The van der Waals surface area contributed by atoms with E-state index in [-0.39, 0.29) is 53.7 Å². The van der Waals surface area contributed by atoms with Gasteiger partial charge in [0, 0.05) is 48.5 Å². The van der Waals surface area contributed by atoms with Gasteiger partial charge >= 0.3 is 5.97 Å². The summed E-state index contributed by atoms with van der Waals surface area (Å²) in [5.41, 5.74) is 1.30. The normalized spacial score (nSPS) is 19.0. The molecule has 9 nitrogen and oxygen atoms in total. The number of hydrogen-bond donors (Lipinski definition) is 4. The fourth-order valence-corrected chi connectivity index (χ4v) is 5.43. The quantitative estimate of drug-likeness (QED) is 0.0705. The highest BCUT2D eigenvalue weighted by Gasteiger charge is 2.39. The first kappa shape index (κ1) is 36.4. The van der Waals surface area contributed by atoms with Gasteiger partial charge in [0.2, 0.25) is 5.91 Å². The van der Waals surface area contributed by atoms with E-state index in [4.69, 9.17) is 4.74 Å². The predicted molar refractivity (Wildman–Crippen MR) is 179 cm³/mol. The molecule has 1 aliphatic rings. The molecule has 1 saturated carbocycles. The summed E-state index contributed by atoms with van der Waals surface area (Å²) in [5.74, 6) is -1.14. The number of amides is 2. The fraction of sp³-hybridized carbons (Fsp3) is 0.459. The molecule has 0 radical (unpaired) electrons. The zero-order chi connectivity index (χ0) is 33.7. The second-order valence-electron chi connectivity index (χ2n) is 12.7. The summed E-state index contributed by atoms with van der Waals surface area (Å²) in [6.45, 7) is 7.59. The van der Waals surface area contributed by atoms with Crippen molar-refractivity contribution in [3.63, 3.8) is 0 Å². The zero-order valence-electron chi connectivity index (χ0n) is 27.3. The number of Topliss-reactive ketones (excluding diaryl/α,β-unsaturated/α-hetero) is 1. The smallest absolute Gasteiger partial charge is 0.311 e. The third-order valence-electron chi connectivity index (χ3n) is 8.34. The monoisotopic (exact) mass is 632 g/mol. The van der Waals surface area contributed by atoms with Crippen LogP contribution in [0.3, 0.4) is 0 Å². The maximum Gasteiger partial charge on any atom is 0.311 e. The Bertz CT molecular complexity index is 1380. The third kappa shape index (κ3) is 11.4.